The smallest absolute Gasteiger partial charge is 0.130 e. The second kappa shape index (κ2) is 6.55. The summed E-state index contributed by atoms with van der Waals surface area (Å²) in [7, 11) is 1.85. The summed E-state index contributed by atoms with van der Waals surface area (Å²) in [5.74, 6) is -0.953. The van der Waals surface area contributed by atoms with Gasteiger partial charge >= 0.3 is 0 Å². The van der Waals surface area contributed by atoms with Crippen LogP contribution in [0.15, 0.2) is 18.2 Å². The van der Waals surface area contributed by atoms with Crippen molar-refractivity contribution in [2.24, 2.45) is 0 Å². The van der Waals surface area contributed by atoms with Gasteiger partial charge in [-0.1, -0.05) is 13.0 Å². The van der Waals surface area contributed by atoms with E-state index in [1.165, 1.54) is 18.2 Å². The minimum absolute atomic E-state index is 0.140. The van der Waals surface area contributed by atoms with Gasteiger partial charge in [-0.25, -0.2) is 8.78 Å². The Labute approximate surface area is 95.3 Å². The van der Waals surface area contributed by atoms with Gasteiger partial charge in [-0.3, -0.25) is 0 Å². The second-order valence-corrected chi connectivity index (χ2v) is 3.79. The van der Waals surface area contributed by atoms with E-state index in [0.29, 0.717) is 6.54 Å². The van der Waals surface area contributed by atoms with E-state index >= 15 is 0 Å². The topological polar surface area (TPSA) is 15.3 Å². The van der Waals surface area contributed by atoms with Crippen LogP contribution in [-0.4, -0.2) is 31.6 Å². The van der Waals surface area contributed by atoms with Crippen LogP contribution < -0.4 is 5.32 Å². The van der Waals surface area contributed by atoms with Gasteiger partial charge in [0.25, 0.3) is 0 Å². The van der Waals surface area contributed by atoms with Crippen molar-refractivity contribution in [1.29, 1.82) is 0 Å². The maximum Gasteiger partial charge on any atom is 0.130 e. The van der Waals surface area contributed by atoms with Crippen LogP contribution >= 0.6 is 0 Å². The van der Waals surface area contributed by atoms with Crippen molar-refractivity contribution in [3.63, 3.8) is 0 Å². The van der Waals surface area contributed by atoms with E-state index in [4.69, 9.17) is 0 Å². The molecular weight excluding hydrogens is 210 g/mol. The number of hydrogen-bond acceptors (Lipinski definition) is 2. The van der Waals surface area contributed by atoms with Gasteiger partial charge in [0.2, 0.25) is 0 Å². The lowest BCUT2D eigenvalue weighted by Gasteiger charge is -2.17. The number of halogens is 2. The first-order valence-electron chi connectivity index (χ1n) is 5.47. The molecule has 0 amide bonds. The van der Waals surface area contributed by atoms with Gasteiger partial charge in [-0.15, -0.1) is 0 Å². The molecule has 0 aliphatic rings. The number of benzene rings is 1. The SMILES string of the molecule is CCNCCN(C)Cc1c(F)cccc1F. The predicted octanol–water partition coefficient (Wildman–Crippen LogP) is 2.01. The number of rotatable bonds is 6. The summed E-state index contributed by atoms with van der Waals surface area (Å²) in [5, 5.41) is 3.17. The Balaban J connectivity index is 2.52. The Kier molecular flexibility index (Phi) is 5.35. The van der Waals surface area contributed by atoms with Gasteiger partial charge < -0.3 is 10.2 Å². The molecule has 0 aliphatic heterocycles. The molecule has 0 unspecified atom stereocenters. The van der Waals surface area contributed by atoms with E-state index in [1.807, 2.05) is 18.9 Å². The molecule has 0 aromatic heterocycles. The van der Waals surface area contributed by atoms with Gasteiger partial charge in [0.1, 0.15) is 11.6 Å². The minimum atomic E-state index is -0.477. The fourth-order valence-corrected chi connectivity index (χ4v) is 1.48. The molecule has 0 atom stereocenters. The summed E-state index contributed by atoms with van der Waals surface area (Å²) >= 11 is 0. The molecular formula is C12H18F2N2. The lowest BCUT2D eigenvalue weighted by Crippen LogP contribution is -2.29. The van der Waals surface area contributed by atoms with Crippen molar-refractivity contribution in [3.8, 4) is 0 Å². The molecule has 4 heteroatoms. The normalized spacial score (nSPS) is 11.1. The Morgan fingerprint density at radius 3 is 2.44 bits per heavy atom. The highest BCUT2D eigenvalue weighted by molar-refractivity contribution is 5.19. The molecule has 1 aromatic rings. The molecule has 90 valence electrons. The Hall–Kier alpha value is -1.00. The van der Waals surface area contributed by atoms with Gasteiger partial charge in [0, 0.05) is 25.2 Å². The van der Waals surface area contributed by atoms with Gasteiger partial charge in [-0.2, -0.15) is 0 Å². The Morgan fingerprint density at radius 2 is 1.88 bits per heavy atom. The van der Waals surface area contributed by atoms with Crippen molar-refractivity contribution < 1.29 is 8.78 Å². The molecule has 0 heterocycles. The molecule has 0 saturated heterocycles. The second-order valence-electron chi connectivity index (χ2n) is 3.79. The monoisotopic (exact) mass is 228 g/mol. The van der Waals surface area contributed by atoms with Crippen LogP contribution in [0.1, 0.15) is 12.5 Å². The summed E-state index contributed by atoms with van der Waals surface area (Å²) in [6.45, 7) is 4.81. The van der Waals surface area contributed by atoms with Crippen molar-refractivity contribution >= 4 is 0 Å². The van der Waals surface area contributed by atoms with Crippen LogP contribution in [0.5, 0.6) is 0 Å². The molecule has 0 bridgehead atoms. The van der Waals surface area contributed by atoms with E-state index in [2.05, 4.69) is 5.32 Å². The summed E-state index contributed by atoms with van der Waals surface area (Å²) < 4.78 is 26.6. The summed E-state index contributed by atoms with van der Waals surface area (Å²) in [5.41, 5.74) is 0.140. The first-order valence-corrected chi connectivity index (χ1v) is 5.47. The molecule has 0 saturated carbocycles. The third-order valence-corrected chi connectivity index (χ3v) is 2.41. The molecule has 0 fully saturated rings. The number of likely N-dealkylation sites (N-methyl/N-ethyl adjacent to an activating group) is 2. The highest BCUT2D eigenvalue weighted by Gasteiger charge is 2.10. The zero-order valence-electron chi connectivity index (χ0n) is 9.76. The first kappa shape index (κ1) is 13.1. The van der Waals surface area contributed by atoms with Crippen LogP contribution in [0.3, 0.4) is 0 Å². The number of nitrogens with zero attached hydrogens (tertiary/aromatic N) is 1. The van der Waals surface area contributed by atoms with E-state index < -0.39 is 11.6 Å². The average molecular weight is 228 g/mol. The minimum Gasteiger partial charge on any atom is -0.316 e. The average Bonchev–Trinajstić information content (AvgIpc) is 2.24. The van der Waals surface area contributed by atoms with Crippen molar-refractivity contribution in [1.82, 2.24) is 10.2 Å². The van der Waals surface area contributed by atoms with Gasteiger partial charge in [0.05, 0.1) is 0 Å². The molecule has 1 rings (SSSR count). The van der Waals surface area contributed by atoms with E-state index in [9.17, 15) is 8.78 Å². The van der Waals surface area contributed by atoms with Crippen molar-refractivity contribution in [2.45, 2.75) is 13.5 Å². The van der Waals surface area contributed by atoms with E-state index in [1.54, 1.807) is 0 Å². The van der Waals surface area contributed by atoms with Crippen LogP contribution in [0.4, 0.5) is 8.78 Å². The molecule has 1 aromatic carbocycles. The van der Waals surface area contributed by atoms with E-state index in [-0.39, 0.29) is 5.56 Å². The summed E-state index contributed by atoms with van der Waals surface area (Å²) in [6.07, 6.45) is 0. The Morgan fingerprint density at radius 1 is 1.25 bits per heavy atom. The predicted molar refractivity (Wildman–Crippen MR) is 61.2 cm³/mol. The maximum absolute atomic E-state index is 13.3. The summed E-state index contributed by atoms with van der Waals surface area (Å²) in [4.78, 5) is 1.89. The van der Waals surface area contributed by atoms with E-state index in [0.717, 1.165) is 19.6 Å². The Bertz CT molecular complexity index is 309. The highest BCUT2D eigenvalue weighted by Crippen LogP contribution is 2.13. The largest absolute Gasteiger partial charge is 0.316 e. The molecule has 0 spiro atoms. The lowest BCUT2D eigenvalue weighted by atomic mass is 10.2. The fourth-order valence-electron chi connectivity index (χ4n) is 1.48. The molecule has 0 radical (unpaired) electrons. The molecule has 16 heavy (non-hydrogen) atoms. The zero-order chi connectivity index (χ0) is 12.0. The standard InChI is InChI=1S/C12H18F2N2/c1-3-15-7-8-16(2)9-10-11(13)5-4-6-12(10)14/h4-6,15H,3,7-9H2,1-2H3. The quantitative estimate of drug-likeness (QED) is 0.749. The maximum atomic E-state index is 13.3. The van der Waals surface area contributed by atoms with Gasteiger partial charge in [-0.05, 0) is 25.7 Å². The third kappa shape index (κ3) is 3.87. The zero-order valence-corrected chi connectivity index (χ0v) is 9.76. The van der Waals surface area contributed by atoms with Crippen LogP contribution in [0.2, 0.25) is 0 Å². The number of hydrogen-bond donors (Lipinski definition) is 1. The molecule has 2 nitrogen and oxygen atoms in total. The van der Waals surface area contributed by atoms with Crippen LogP contribution in [-0.2, 0) is 6.54 Å². The molecule has 1 N–H and O–H groups in total. The van der Waals surface area contributed by atoms with Crippen LogP contribution in [0.25, 0.3) is 0 Å². The summed E-state index contributed by atoms with van der Waals surface area (Å²) in [6, 6.07) is 3.96. The first-order chi connectivity index (χ1) is 7.65. The van der Waals surface area contributed by atoms with Crippen LogP contribution in [0, 0.1) is 11.6 Å². The lowest BCUT2D eigenvalue weighted by molar-refractivity contribution is 0.314. The van der Waals surface area contributed by atoms with Crippen molar-refractivity contribution in [3.05, 3.63) is 35.4 Å². The number of nitrogens with one attached hydrogen (secondary N) is 1. The van der Waals surface area contributed by atoms with Crippen molar-refractivity contribution in [2.75, 3.05) is 26.7 Å². The molecule has 0 aliphatic carbocycles. The fraction of sp³-hybridized carbons (Fsp3) is 0.500. The third-order valence-electron chi connectivity index (χ3n) is 2.41. The van der Waals surface area contributed by atoms with Gasteiger partial charge in [0.15, 0.2) is 0 Å². The highest BCUT2D eigenvalue weighted by atomic mass is 19.1.